The average molecular weight is 288 g/mol. The highest BCUT2D eigenvalue weighted by Crippen LogP contribution is 2.24. The SMILES string of the molecule is CC(=O)Nc1ccc(NC(=O)C2CC=CC2)c(C(=O)O)c1. The van der Waals surface area contributed by atoms with Gasteiger partial charge >= 0.3 is 5.97 Å². The third-order valence-corrected chi connectivity index (χ3v) is 3.21. The van der Waals surface area contributed by atoms with Crippen LogP contribution in [-0.2, 0) is 9.59 Å². The molecule has 0 atom stereocenters. The molecule has 3 N–H and O–H groups in total. The fourth-order valence-corrected chi connectivity index (χ4v) is 2.18. The van der Waals surface area contributed by atoms with Crippen LogP contribution in [0.4, 0.5) is 11.4 Å². The molecule has 0 aliphatic heterocycles. The third kappa shape index (κ3) is 3.68. The Hall–Kier alpha value is -2.63. The Morgan fingerprint density at radius 1 is 1.14 bits per heavy atom. The molecule has 1 aliphatic rings. The van der Waals surface area contributed by atoms with Crippen molar-refractivity contribution in [3.05, 3.63) is 35.9 Å². The zero-order chi connectivity index (χ0) is 15.4. The first-order valence-corrected chi connectivity index (χ1v) is 6.58. The Balaban J connectivity index is 2.19. The minimum atomic E-state index is -1.16. The van der Waals surface area contributed by atoms with Crippen molar-refractivity contribution in [3.8, 4) is 0 Å². The summed E-state index contributed by atoms with van der Waals surface area (Å²) in [6, 6.07) is 4.36. The van der Waals surface area contributed by atoms with Crippen LogP contribution >= 0.6 is 0 Å². The van der Waals surface area contributed by atoms with E-state index in [1.54, 1.807) is 6.07 Å². The van der Waals surface area contributed by atoms with Crippen molar-refractivity contribution >= 4 is 29.2 Å². The maximum Gasteiger partial charge on any atom is 0.337 e. The highest BCUT2D eigenvalue weighted by atomic mass is 16.4. The Morgan fingerprint density at radius 2 is 1.81 bits per heavy atom. The number of nitrogens with one attached hydrogen (secondary N) is 2. The van der Waals surface area contributed by atoms with Gasteiger partial charge in [0.05, 0.1) is 11.3 Å². The predicted molar refractivity (Wildman–Crippen MR) is 78.2 cm³/mol. The van der Waals surface area contributed by atoms with Crippen LogP contribution in [-0.4, -0.2) is 22.9 Å². The molecule has 6 heteroatoms. The third-order valence-electron chi connectivity index (χ3n) is 3.21. The molecular weight excluding hydrogens is 272 g/mol. The molecule has 0 fully saturated rings. The lowest BCUT2D eigenvalue weighted by atomic mass is 10.1. The molecule has 21 heavy (non-hydrogen) atoms. The van der Waals surface area contributed by atoms with Crippen molar-refractivity contribution in [2.45, 2.75) is 19.8 Å². The van der Waals surface area contributed by atoms with Crippen molar-refractivity contribution in [2.75, 3.05) is 10.6 Å². The number of allylic oxidation sites excluding steroid dienone is 2. The second-order valence-electron chi connectivity index (χ2n) is 4.88. The monoisotopic (exact) mass is 288 g/mol. The second-order valence-corrected chi connectivity index (χ2v) is 4.88. The lowest BCUT2D eigenvalue weighted by Gasteiger charge is -2.13. The van der Waals surface area contributed by atoms with Gasteiger partial charge in [0.25, 0.3) is 0 Å². The van der Waals surface area contributed by atoms with Crippen LogP contribution in [0.15, 0.2) is 30.4 Å². The van der Waals surface area contributed by atoms with Crippen molar-refractivity contribution < 1.29 is 19.5 Å². The molecule has 0 radical (unpaired) electrons. The number of amides is 2. The molecule has 0 saturated carbocycles. The normalized spacial score (nSPS) is 14.0. The van der Waals surface area contributed by atoms with E-state index in [-0.39, 0.29) is 29.0 Å². The van der Waals surface area contributed by atoms with E-state index in [4.69, 9.17) is 0 Å². The van der Waals surface area contributed by atoms with E-state index in [9.17, 15) is 19.5 Å². The number of carbonyl (C=O) groups excluding carboxylic acids is 2. The van der Waals surface area contributed by atoms with Crippen LogP contribution in [0.5, 0.6) is 0 Å². The first kappa shape index (κ1) is 14.8. The fourth-order valence-electron chi connectivity index (χ4n) is 2.18. The van der Waals surface area contributed by atoms with Crippen molar-refractivity contribution in [1.29, 1.82) is 0 Å². The van der Waals surface area contributed by atoms with E-state index in [1.807, 2.05) is 12.2 Å². The van der Waals surface area contributed by atoms with Crippen molar-refractivity contribution in [3.63, 3.8) is 0 Å². The highest BCUT2D eigenvalue weighted by Gasteiger charge is 2.21. The van der Waals surface area contributed by atoms with Gasteiger partial charge in [0, 0.05) is 18.5 Å². The maximum atomic E-state index is 12.0. The quantitative estimate of drug-likeness (QED) is 0.740. The second kappa shape index (κ2) is 6.21. The molecule has 0 spiro atoms. The van der Waals surface area contributed by atoms with E-state index in [1.165, 1.54) is 19.1 Å². The van der Waals surface area contributed by atoms with E-state index >= 15 is 0 Å². The summed E-state index contributed by atoms with van der Waals surface area (Å²) in [7, 11) is 0. The topological polar surface area (TPSA) is 95.5 Å². The van der Waals surface area contributed by atoms with Gasteiger partial charge in [-0.3, -0.25) is 9.59 Å². The first-order chi connectivity index (χ1) is 9.97. The van der Waals surface area contributed by atoms with Gasteiger partial charge in [-0.25, -0.2) is 4.79 Å². The summed E-state index contributed by atoms with van der Waals surface area (Å²) in [6.45, 7) is 1.34. The number of hydrogen-bond acceptors (Lipinski definition) is 3. The number of carboxylic acid groups (broad SMARTS) is 1. The summed E-state index contributed by atoms with van der Waals surface area (Å²) in [5.41, 5.74) is 0.550. The molecular formula is C15H16N2O4. The highest BCUT2D eigenvalue weighted by molar-refractivity contribution is 6.02. The van der Waals surface area contributed by atoms with Crippen LogP contribution in [0.1, 0.15) is 30.1 Å². The van der Waals surface area contributed by atoms with Crippen LogP contribution in [0, 0.1) is 5.92 Å². The number of carboxylic acids is 1. The summed E-state index contributed by atoms with van der Waals surface area (Å²) < 4.78 is 0. The Bertz CT molecular complexity index is 614. The average Bonchev–Trinajstić information content (AvgIpc) is 2.93. The number of aromatic carboxylic acids is 1. The van der Waals surface area contributed by atoms with Gasteiger partial charge < -0.3 is 15.7 Å². The Morgan fingerprint density at radius 3 is 2.38 bits per heavy atom. The van der Waals surface area contributed by atoms with Crippen LogP contribution in [0.3, 0.4) is 0 Å². The molecule has 0 aromatic heterocycles. The van der Waals surface area contributed by atoms with Crippen LogP contribution in [0.2, 0.25) is 0 Å². The van der Waals surface area contributed by atoms with Crippen molar-refractivity contribution in [2.24, 2.45) is 5.92 Å². The zero-order valence-electron chi connectivity index (χ0n) is 11.6. The fraction of sp³-hybridized carbons (Fsp3) is 0.267. The molecule has 0 bridgehead atoms. The van der Waals surface area contributed by atoms with Crippen molar-refractivity contribution in [1.82, 2.24) is 0 Å². The van der Waals surface area contributed by atoms with Gasteiger partial charge in [-0.1, -0.05) is 12.2 Å². The minimum absolute atomic E-state index is 0.0550. The van der Waals surface area contributed by atoms with Gasteiger partial charge in [-0.05, 0) is 31.0 Å². The smallest absolute Gasteiger partial charge is 0.337 e. The van der Waals surface area contributed by atoms with Crippen LogP contribution in [0.25, 0.3) is 0 Å². The summed E-state index contributed by atoms with van der Waals surface area (Å²) in [5, 5.41) is 14.4. The molecule has 0 heterocycles. The van der Waals surface area contributed by atoms with Crippen LogP contribution < -0.4 is 10.6 Å². The molecule has 1 aliphatic carbocycles. The molecule has 2 rings (SSSR count). The van der Waals surface area contributed by atoms with Gasteiger partial charge in [-0.2, -0.15) is 0 Å². The Kier molecular flexibility index (Phi) is 4.37. The van der Waals surface area contributed by atoms with E-state index in [2.05, 4.69) is 10.6 Å². The predicted octanol–water partition coefficient (Wildman–Crippen LogP) is 2.25. The molecule has 2 amide bonds. The summed E-state index contributed by atoms with van der Waals surface area (Å²) in [6.07, 6.45) is 5.20. The first-order valence-electron chi connectivity index (χ1n) is 6.58. The van der Waals surface area contributed by atoms with E-state index in [0.717, 1.165) is 0 Å². The number of carbonyl (C=O) groups is 3. The molecule has 0 unspecified atom stereocenters. The Labute approximate surface area is 121 Å². The molecule has 110 valence electrons. The van der Waals surface area contributed by atoms with Gasteiger partial charge in [0.2, 0.25) is 11.8 Å². The largest absolute Gasteiger partial charge is 0.478 e. The molecule has 1 aromatic rings. The maximum absolute atomic E-state index is 12.0. The number of anilines is 2. The van der Waals surface area contributed by atoms with E-state index in [0.29, 0.717) is 18.5 Å². The van der Waals surface area contributed by atoms with Gasteiger partial charge in [0.15, 0.2) is 0 Å². The lowest BCUT2D eigenvalue weighted by Crippen LogP contribution is -2.22. The molecule has 6 nitrogen and oxygen atoms in total. The molecule has 1 aromatic carbocycles. The molecule has 0 saturated heterocycles. The zero-order valence-corrected chi connectivity index (χ0v) is 11.6. The van der Waals surface area contributed by atoms with E-state index < -0.39 is 5.97 Å². The van der Waals surface area contributed by atoms with Gasteiger partial charge in [0.1, 0.15) is 0 Å². The number of rotatable bonds is 4. The number of benzene rings is 1. The minimum Gasteiger partial charge on any atom is -0.478 e. The lowest BCUT2D eigenvalue weighted by molar-refractivity contribution is -0.119. The summed E-state index contributed by atoms with van der Waals surface area (Å²) >= 11 is 0. The standard InChI is InChI=1S/C15H16N2O4/c1-9(18)16-11-6-7-13(12(8-11)15(20)21)17-14(19)10-4-2-3-5-10/h2-3,6-8,10H,4-5H2,1H3,(H,16,18)(H,17,19)(H,20,21). The number of hydrogen-bond donors (Lipinski definition) is 3. The summed E-state index contributed by atoms with van der Waals surface area (Å²) in [5.74, 6) is -1.81. The summed E-state index contributed by atoms with van der Waals surface area (Å²) in [4.78, 5) is 34.3. The van der Waals surface area contributed by atoms with Gasteiger partial charge in [-0.15, -0.1) is 0 Å².